The largest absolute Gasteiger partial charge is 0.488 e. The zero-order valence-corrected chi connectivity index (χ0v) is 19.2. The van der Waals surface area contributed by atoms with Crippen molar-refractivity contribution in [3.63, 3.8) is 0 Å². The fourth-order valence-corrected chi connectivity index (χ4v) is 4.36. The van der Waals surface area contributed by atoms with Gasteiger partial charge in [-0.2, -0.15) is 10.2 Å². The molecule has 2 fully saturated rings. The smallest absolute Gasteiger partial charge is 0.290 e. The Hall–Kier alpha value is -2.87. The lowest BCUT2D eigenvalue weighted by Gasteiger charge is -2.27. The summed E-state index contributed by atoms with van der Waals surface area (Å²) in [6.45, 7) is 7.61. The lowest BCUT2D eigenvalue weighted by molar-refractivity contribution is 0.0483. The van der Waals surface area contributed by atoms with Gasteiger partial charge in [0, 0.05) is 25.5 Å². The average molecular weight is 438 g/mol. The molecule has 32 heavy (non-hydrogen) atoms. The number of aliphatic hydroxyl groups is 1. The zero-order chi connectivity index (χ0) is 22.7. The molecule has 1 aliphatic carbocycles. The van der Waals surface area contributed by atoms with Crippen LogP contribution >= 0.6 is 0 Å². The third-order valence-electron chi connectivity index (χ3n) is 7.08. The summed E-state index contributed by atoms with van der Waals surface area (Å²) >= 11 is 0. The molecule has 1 saturated carbocycles. The van der Waals surface area contributed by atoms with E-state index in [-0.39, 0.29) is 22.7 Å². The number of benzene rings is 1. The SMILES string of the molecule is Cn1nc(-c2n[nH]c3ccc(OC4(C)CC4)cc23)cc(N2CCC(O)C(C)(C)CC2)c1=O. The average Bonchev–Trinajstić information content (AvgIpc) is 3.35. The highest BCUT2D eigenvalue weighted by Crippen LogP contribution is 2.40. The molecule has 0 amide bonds. The van der Waals surface area contributed by atoms with E-state index in [2.05, 4.69) is 41.0 Å². The third-order valence-corrected chi connectivity index (χ3v) is 7.08. The maximum atomic E-state index is 13.0. The molecule has 3 heterocycles. The Labute approximate surface area is 187 Å². The maximum absolute atomic E-state index is 13.0. The molecule has 5 rings (SSSR count). The molecule has 8 heteroatoms. The van der Waals surface area contributed by atoms with Crippen LogP contribution in [0.15, 0.2) is 29.1 Å². The molecule has 3 aromatic rings. The van der Waals surface area contributed by atoms with Gasteiger partial charge in [-0.1, -0.05) is 13.8 Å². The monoisotopic (exact) mass is 437 g/mol. The van der Waals surface area contributed by atoms with Crippen LogP contribution in [-0.2, 0) is 7.05 Å². The van der Waals surface area contributed by atoms with Gasteiger partial charge in [0.25, 0.3) is 5.56 Å². The van der Waals surface area contributed by atoms with Crippen LogP contribution in [0.1, 0.15) is 46.5 Å². The number of aromatic nitrogens is 4. The van der Waals surface area contributed by atoms with Crippen molar-refractivity contribution in [1.82, 2.24) is 20.0 Å². The Morgan fingerprint density at radius 1 is 1.16 bits per heavy atom. The molecule has 0 bridgehead atoms. The number of hydrogen-bond acceptors (Lipinski definition) is 6. The van der Waals surface area contributed by atoms with Gasteiger partial charge in [0.2, 0.25) is 0 Å². The quantitative estimate of drug-likeness (QED) is 0.651. The van der Waals surface area contributed by atoms with E-state index in [1.54, 1.807) is 7.05 Å². The fraction of sp³-hybridized carbons (Fsp3) is 0.542. The number of anilines is 1. The summed E-state index contributed by atoms with van der Waals surface area (Å²) in [6, 6.07) is 7.75. The lowest BCUT2D eigenvalue weighted by atomic mass is 9.83. The number of nitrogens with one attached hydrogen (secondary N) is 1. The minimum absolute atomic E-state index is 0.0647. The predicted octanol–water partition coefficient (Wildman–Crippen LogP) is 3.24. The van der Waals surface area contributed by atoms with Gasteiger partial charge in [-0.05, 0) is 62.3 Å². The van der Waals surface area contributed by atoms with Crippen molar-refractivity contribution in [1.29, 1.82) is 0 Å². The summed E-state index contributed by atoms with van der Waals surface area (Å²) < 4.78 is 7.52. The predicted molar refractivity (Wildman–Crippen MR) is 124 cm³/mol. The highest BCUT2D eigenvalue weighted by molar-refractivity contribution is 5.93. The molecule has 1 atom stereocenters. The summed E-state index contributed by atoms with van der Waals surface area (Å²) in [6.07, 6.45) is 3.17. The van der Waals surface area contributed by atoms with Crippen LogP contribution in [0.3, 0.4) is 0 Å². The molecule has 2 aliphatic rings. The lowest BCUT2D eigenvalue weighted by Crippen LogP contribution is -2.33. The molecule has 1 unspecified atom stereocenters. The first kappa shape index (κ1) is 21.0. The van der Waals surface area contributed by atoms with E-state index >= 15 is 0 Å². The van der Waals surface area contributed by atoms with Crippen molar-refractivity contribution >= 4 is 16.6 Å². The van der Waals surface area contributed by atoms with E-state index in [1.807, 2.05) is 24.3 Å². The molecule has 1 aromatic carbocycles. The van der Waals surface area contributed by atoms with Gasteiger partial charge in [-0.15, -0.1) is 0 Å². The molecule has 0 spiro atoms. The number of rotatable bonds is 4. The van der Waals surface area contributed by atoms with Crippen LogP contribution in [0, 0.1) is 5.41 Å². The van der Waals surface area contributed by atoms with Gasteiger partial charge in [-0.25, -0.2) is 4.68 Å². The number of hydrogen-bond donors (Lipinski definition) is 2. The zero-order valence-electron chi connectivity index (χ0n) is 19.2. The summed E-state index contributed by atoms with van der Waals surface area (Å²) in [4.78, 5) is 15.0. The van der Waals surface area contributed by atoms with Crippen LogP contribution in [-0.4, -0.2) is 49.9 Å². The van der Waals surface area contributed by atoms with Gasteiger partial charge in [0.1, 0.15) is 28.4 Å². The number of fused-ring (bicyclic) bond motifs is 1. The van der Waals surface area contributed by atoms with Gasteiger partial charge >= 0.3 is 0 Å². The van der Waals surface area contributed by atoms with Crippen molar-refractivity contribution in [3.8, 4) is 17.1 Å². The molecular formula is C24H31N5O3. The Balaban J connectivity index is 1.53. The minimum atomic E-state index is -0.389. The summed E-state index contributed by atoms with van der Waals surface area (Å²) in [5.74, 6) is 0.814. The molecular weight excluding hydrogens is 406 g/mol. The van der Waals surface area contributed by atoms with Crippen molar-refractivity contribution in [2.75, 3.05) is 18.0 Å². The van der Waals surface area contributed by atoms with Crippen LogP contribution in [0.2, 0.25) is 0 Å². The maximum Gasteiger partial charge on any atom is 0.290 e. The number of ether oxygens (including phenoxy) is 1. The van der Waals surface area contributed by atoms with Crippen LogP contribution in [0.25, 0.3) is 22.3 Å². The van der Waals surface area contributed by atoms with E-state index < -0.39 is 0 Å². The van der Waals surface area contributed by atoms with Crippen LogP contribution < -0.4 is 15.2 Å². The van der Waals surface area contributed by atoms with E-state index in [0.717, 1.165) is 35.9 Å². The molecule has 0 radical (unpaired) electrons. The number of aromatic amines is 1. The van der Waals surface area contributed by atoms with Crippen LogP contribution in [0.4, 0.5) is 5.69 Å². The molecule has 2 N–H and O–H groups in total. The Morgan fingerprint density at radius 3 is 2.69 bits per heavy atom. The second kappa shape index (κ2) is 7.33. The molecule has 170 valence electrons. The van der Waals surface area contributed by atoms with E-state index in [4.69, 9.17) is 4.74 Å². The number of H-pyrrole nitrogens is 1. The highest BCUT2D eigenvalue weighted by atomic mass is 16.5. The van der Waals surface area contributed by atoms with Crippen LogP contribution in [0.5, 0.6) is 5.75 Å². The van der Waals surface area contributed by atoms with E-state index in [9.17, 15) is 9.90 Å². The summed E-state index contributed by atoms with van der Waals surface area (Å²) in [7, 11) is 1.67. The normalized spacial score (nSPS) is 22.0. The number of aliphatic hydroxyl groups excluding tert-OH is 1. The van der Waals surface area contributed by atoms with Gasteiger partial charge < -0.3 is 14.7 Å². The highest BCUT2D eigenvalue weighted by Gasteiger charge is 2.40. The second-order valence-corrected chi connectivity index (χ2v) is 10.2. The van der Waals surface area contributed by atoms with E-state index in [0.29, 0.717) is 36.6 Å². The standard InChI is InChI=1S/C24H31N5O3/c1-23(2)10-12-29(11-7-20(23)30)19-14-18(27-28(4)22(19)31)21-16-13-15(32-24(3)8-9-24)5-6-17(16)25-26-21/h5-6,13-14,20,30H,7-12H2,1-4H3,(H,25,26). The molecule has 1 aliphatic heterocycles. The van der Waals surface area contributed by atoms with Crippen molar-refractivity contribution in [3.05, 3.63) is 34.6 Å². The van der Waals surface area contributed by atoms with Gasteiger partial charge in [-0.3, -0.25) is 9.89 Å². The first-order valence-corrected chi connectivity index (χ1v) is 11.3. The summed E-state index contributed by atoms with van der Waals surface area (Å²) in [5.41, 5.74) is 2.42. The van der Waals surface area contributed by atoms with Crippen molar-refractivity contribution < 1.29 is 9.84 Å². The fourth-order valence-electron chi connectivity index (χ4n) is 4.36. The third kappa shape index (κ3) is 3.77. The second-order valence-electron chi connectivity index (χ2n) is 10.2. The Bertz CT molecular complexity index is 1220. The summed E-state index contributed by atoms with van der Waals surface area (Å²) in [5, 5.41) is 23.5. The Morgan fingerprint density at radius 2 is 1.94 bits per heavy atom. The topological polar surface area (TPSA) is 96.3 Å². The van der Waals surface area contributed by atoms with Crippen molar-refractivity contribution in [2.45, 2.75) is 58.2 Å². The molecule has 8 nitrogen and oxygen atoms in total. The van der Waals surface area contributed by atoms with Gasteiger partial charge in [0.05, 0.1) is 11.6 Å². The number of aryl methyl sites for hydroxylation is 1. The first-order valence-electron chi connectivity index (χ1n) is 11.3. The first-order chi connectivity index (χ1) is 15.2. The van der Waals surface area contributed by atoms with Gasteiger partial charge in [0.15, 0.2) is 0 Å². The minimum Gasteiger partial charge on any atom is -0.488 e. The van der Waals surface area contributed by atoms with E-state index in [1.165, 1.54) is 4.68 Å². The molecule has 2 aromatic heterocycles. The number of nitrogens with zero attached hydrogens (tertiary/aromatic N) is 4. The Kier molecular flexibility index (Phi) is 4.81. The van der Waals surface area contributed by atoms with Crippen molar-refractivity contribution in [2.24, 2.45) is 12.5 Å². The molecule has 1 saturated heterocycles.